The van der Waals surface area contributed by atoms with Gasteiger partial charge in [0.05, 0.1) is 12.1 Å². The maximum Gasteiger partial charge on any atom is 0.417 e. The Balaban J connectivity index is 3.18. The van der Waals surface area contributed by atoms with Gasteiger partial charge in [0.15, 0.2) is 0 Å². The molecule has 0 aliphatic rings. The summed E-state index contributed by atoms with van der Waals surface area (Å²) in [6, 6.07) is 6.26. The summed E-state index contributed by atoms with van der Waals surface area (Å²) in [5.74, 6) is -0.844. The number of nitrogens with zero attached hydrogens (tertiary/aromatic N) is 1. The van der Waals surface area contributed by atoms with Crippen molar-refractivity contribution in [3.05, 3.63) is 35.9 Å². The molecule has 0 saturated carbocycles. The molecule has 0 spiro atoms. The summed E-state index contributed by atoms with van der Waals surface area (Å²) in [6.07, 6.45) is 0.697. The average molecular weight is 476 g/mol. The number of carbonyl (C=O) groups excluding carboxylic acids is 4. The van der Waals surface area contributed by atoms with Crippen LogP contribution in [0.3, 0.4) is 0 Å². The first-order valence-corrected chi connectivity index (χ1v) is 12.0. The highest BCUT2D eigenvalue weighted by Gasteiger charge is 2.37. The molecule has 3 unspecified atom stereocenters. The van der Waals surface area contributed by atoms with E-state index >= 15 is 0 Å². The highest BCUT2D eigenvalue weighted by Crippen LogP contribution is 2.17. The van der Waals surface area contributed by atoms with E-state index in [1.807, 2.05) is 59.7 Å². The van der Waals surface area contributed by atoms with Crippen LogP contribution in [0.4, 0.5) is 4.79 Å². The van der Waals surface area contributed by atoms with Gasteiger partial charge in [-0.05, 0) is 42.6 Å². The second-order valence-corrected chi connectivity index (χ2v) is 10.0. The van der Waals surface area contributed by atoms with Crippen molar-refractivity contribution in [1.29, 1.82) is 0 Å². The number of hydrogen-bond donors (Lipinski definition) is 2. The van der Waals surface area contributed by atoms with Crippen LogP contribution in [0.25, 0.3) is 0 Å². The highest BCUT2D eigenvalue weighted by molar-refractivity contribution is 5.99. The number of amides is 3. The number of nitrogens with two attached hydrogens (primary N) is 1. The third-order valence-electron chi connectivity index (χ3n) is 5.22. The Labute approximate surface area is 203 Å². The molecule has 3 atom stereocenters. The SMILES string of the molecule is CC(C)CC(N)C(=O)NC(CC(C)C)C(=O)N(C(=O)OCc1ccccc1)C(C=O)CC(C)C. The zero-order chi connectivity index (χ0) is 25.8. The molecule has 8 nitrogen and oxygen atoms in total. The number of benzene rings is 1. The molecule has 0 saturated heterocycles. The lowest BCUT2D eigenvalue weighted by atomic mass is 9.98. The van der Waals surface area contributed by atoms with Crippen LogP contribution in [0, 0.1) is 17.8 Å². The molecule has 0 bridgehead atoms. The van der Waals surface area contributed by atoms with Gasteiger partial charge >= 0.3 is 6.09 Å². The van der Waals surface area contributed by atoms with E-state index in [-0.39, 0.29) is 37.2 Å². The van der Waals surface area contributed by atoms with Crippen molar-refractivity contribution in [2.24, 2.45) is 23.5 Å². The van der Waals surface area contributed by atoms with Gasteiger partial charge in [0.25, 0.3) is 5.91 Å². The Morgan fingerprint density at radius 3 is 2.00 bits per heavy atom. The van der Waals surface area contributed by atoms with E-state index in [0.29, 0.717) is 12.7 Å². The van der Waals surface area contributed by atoms with Crippen molar-refractivity contribution in [3.8, 4) is 0 Å². The summed E-state index contributed by atoms with van der Waals surface area (Å²) in [7, 11) is 0. The summed E-state index contributed by atoms with van der Waals surface area (Å²) in [4.78, 5) is 52.2. The molecule has 0 aromatic heterocycles. The quantitative estimate of drug-likeness (QED) is 0.420. The van der Waals surface area contributed by atoms with E-state index in [2.05, 4.69) is 5.32 Å². The third-order valence-corrected chi connectivity index (χ3v) is 5.22. The van der Waals surface area contributed by atoms with Gasteiger partial charge in [0.2, 0.25) is 5.91 Å². The summed E-state index contributed by atoms with van der Waals surface area (Å²) >= 11 is 0. The summed E-state index contributed by atoms with van der Waals surface area (Å²) in [5.41, 5.74) is 6.76. The van der Waals surface area contributed by atoms with Gasteiger partial charge in [-0.25, -0.2) is 9.69 Å². The van der Waals surface area contributed by atoms with Crippen molar-refractivity contribution in [3.63, 3.8) is 0 Å². The van der Waals surface area contributed by atoms with Crippen LogP contribution in [0.2, 0.25) is 0 Å². The number of ether oxygens (including phenoxy) is 1. The van der Waals surface area contributed by atoms with E-state index in [1.54, 1.807) is 12.1 Å². The van der Waals surface area contributed by atoms with E-state index in [0.717, 1.165) is 10.5 Å². The predicted molar refractivity (Wildman–Crippen MR) is 132 cm³/mol. The number of imide groups is 1. The van der Waals surface area contributed by atoms with Gasteiger partial charge in [0.1, 0.15) is 18.9 Å². The number of nitrogens with one attached hydrogen (secondary N) is 1. The molecular weight excluding hydrogens is 434 g/mol. The second kappa shape index (κ2) is 14.5. The zero-order valence-electron chi connectivity index (χ0n) is 21.3. The van der Waals surface area contributed by atoms with E-state index in [4.69, 9.17) is 10.5 Å². The minimum atomic E-state index is -1.01. The van der Waals surface area contributed by atoms with Gasteiger partial charge in [-0.15, -0.1) is 0 Å². The van der Waals surface area contributed by atoms with Crippen molar-refractivity contribution in [1.82, 2.24) is 10.2 Å². The van der Waals surface area contributed by atoms with Crippen LogP contribution in [0.1, 0.15) is 66.4 Å². The zero-order valence-corrected chi connectivity index (χ0v) is 21.3. The Bertz CT molecular complexity index is 795. The molecule has 0 fully saturated rings. The van der Waals surface area contributed by atoms with Crippen LogP contribution in [-0.4, -0.2) is 47.2 Å². The smallest absolute Gasteiger partial charge is 0.417 e. The van der Waals surface area contributed by atoms with Gasteiger partial charge in [-0.2, -0.15) is 0 Å². The van der Waals surface area contributed by atoms with Crippen LogP contribution in [0.5, 0.6) is 0 Å². The molecule has 3 amide bonds. The van der Waals surface area contributed by atoms with E-state index in [9.17, 15) is 19.2 Å². The minimum Gasteiger partial charge on any atom is -0.444 e. The lowest BCUT2D eigenvalue weighted by molar-refractivity contribution is -0.139. The van der Waals surface area contributed by atoms with Crippen LogP contribution < -0.4 is 11.1 Å². The van der Waals surface area contributed by atoms with Crippen molar-refractivity contribution in [2.75, 3.05) is 0 Å². The number of carbonyl (C=O) groups is 4. The first-order valence-electron chi connectivity index (χ1n) is 12.0. The largest absolute Gasteiger partial charge is 0.444 e. The van der Waals surface area contributed by atoms with Gasteiger partial charge in [-0.1, -0.05) is 71.9 Å². The number of rotatable bonds is 13. The highest BCUT2D eigenvalue weighted by atomic mass is 16.6. The van der Waals surface area contributed by atoms with E-state index in [1.165, 1.54) is 0 Å². The Morgan fingerprint density at radius 2 is 1.50 bits per heavy atom. The summed E-state index contributed by atoms with van der Waals surface area (Å²) < 4.78 is 5.41. The normalized spacial score (nSPS) is 13.9. The molecule has 0 heterocycles. The lowest BCUT2D eigenvalue weighted by Crippen LogP contribution is -2.57. The molecule has 8 heteroatoms. The van der Waals surface area contributed by atoms with Gasteiger partial charge < -0.3 is 20.6 Å². The Kier molecular flexibility index (Phi) is 12.5. The first kappa shape index (κ1) is 29.3. The van der Waals surface area contributed by atoms with Gasteiger partial charge in [0, 0.05) is 0 Å². The molecular formula is C26H41N3O5. The van der Waals surface area contributed by atoms with Crippen molar-refractivity contribution < 1.29 is 23.9 Å². The number of aldehydes is 1. The van der Waals surface area contributed by atoms with Gasteiger partial charge in [-0.3, -0.25) is 9.59 Å². The predicted octanol–water partition coefficient (Wildman–Crippen LogP) is 3.67. The Hall–Kier alpha value is -2.74. The standard InChI is InChI=1S/C26H41N3O5/c1-17(2)12-21(15-30)29(26(33)34-16-20-10-8-7-9-11-20)25(32)23(14-19(5)6)28-24(31)22(27)13-18(3)4/h7-11,15,17-19,21-23H,12-14,16,27H2,1-6H3,(H,28,31). The fourth-order valence-corrected chi connectivity index (χ4v) is 3.64. The fraction of sp³-hybridized carbons (Fsp3) is 0.615. The monoisotopic (exact) mass is 475 g/mol. The second-order valence-electron chi connectivity index (χ2n) is 10.0. The average Bonchev–Trinajstić information content (AvgIpc) is 2.76. The van der Waals surface area contributed by atoms with E-state index < -0.39 is 36.0 Å². The molecule has 3 N–H and O–H groups in total. The summed E-state index contributed by atoms with van der Waals surface area (Å²) in [6.45, 7) is 11.5. The molecule has 0 aliphatic heterocycles. The maximum atomic E-state index is 13.6. The molecule has 34 heavy (non-hydrogen) atoms. The first-order chi connectivity index (χ1) is 16.0. The van der Waals surface area contributed by atoms with Crippen LogP contribution in [0.15, 0.2) is 30.3 Å². The third kappa shape index (κ3) is 10.0. The summed E-state index contributed by atoms with van der Waals surface area (Å²) in [5, 5.41) is 2.72. The van der Waals surface area contributed by atoms with Crippen molar-refractivity contribution in [2.45, 2.75) is 85.5 Å². The topological polar surface area (TPSA) is 119 Å². The lowest BCUT2D eigenvalue weighted by Gasteiger charge is -2.31. The maximum absolute atomic E-state index is 13.6. The number of hydrogen-bond acceptors (Lipinski definition) is 6. The minimum absolute atomic E-state index is 0.0394. The fourth-order valence-electron chi connectivity index (χ4n) is 3.64. The Morgan fingerprint density at radius 1 is 0.941 bits per heavy atom. The molecule has 190 valence electrons. The molecule has 1 aromatic carbocycles. The molecule has 1 rings (SSSR count). The van der Waals surface area contributed by atoms with Crippen LogP contribution in [-0.2, 0) is 25.7 Å². The molecule has 1 aromatic rings. The van der Waals surface area contributed by atoms with Crippen molar-refractivity contribution >= 4 is 24.2 Å². The molecule has 0 aliphatic carbocycles. The van der Waals surface area contributed by atoms with Crippen LogP contribution >= 0.6 is 0 Å². The molecule has 0 radical (unpaired) electrons.